The highest BCUT2D eigenvalue weighted by Gasteiger charge is 2.38. The molecule has 2 heteroatoms. The van der Waals surface area contributed by atoms with Crippen LogP contribution in [0.2, 0.25) is 0 Å². The Kier molecular flexibility index (Phi) is 2.61. The van der Waals surface area contributed by atoms with Crippen LogP contribution in [0.1, 0.15) is 39.5 Å². The Bertz CT molecular complexity index is 171. The van der Waals surface area contributed by atoms with Crippen molar-refractivity contribution in [3.05, 3.63) is 0 Å². The molecule has 0 amide bonds. The van der Waals surface area contributed by atoms with Crippen molar-refractivity contribution in [2.45, 2.75) is 51.1 Å². The van der Waals surface area contributed by atoms with E-state index in [0.717, 1.165) is 6.04 Å². The predicted molar refractivity (Wildman–Crippen MR) is 55.9 cm³/mol. The minimum Gasteiger partial charge on any atom is -0.310 e. The minimum absolute atomic E-state index is 0.345. The topological polar surface area (TPSA) is 15.3 Å². The molecule has 2 nitrogen and oxygen atoms in total. The summed E-state index contributed by atoms with van der Waals surface area (Å²) in [5, 5.41) is 3.60. The summed E-state index contributed by atoms with van der Waals surface area (Å²) < 4.78 is 0. The van der Waals surface area contributed by atoms with Crippen molar-refractivity contribution in [2.24, 2.45) is 0 Å². The normalized spacial score (nSPS) is 35.1. The maximum absolute atomic E-state index is 3.60. The van der Waals surface area contributed by atoms with Crippen molar-refractivity contribution in [1.82, 2.24) is 10.2 Å². The Morgan fingerprint density at radius 2 is 1.85 bits per heavy atom. The van der Waals surface area contributed by atoms with E-state index in [2.05, 4.69) is 24.1 Å². The van der Waals surface area contributed by atoms with Gasteiger partial charge in [0.15, 0.2) is 0 Å². The lowest BCUT2D eigenvalue weighted by Gasteiger charge is -2.39. The number of piperidine rings is 1. The highest BCUT2D eigenvalue weighted by molar-refractivity contribution is 4.99. The molecular formula is C11H22N2. The third-order valence-electron chi connectivity index (χ3n) is 3.66. The molecule has 2 saturated heterocycles. The Labute approximate surface area is 81.7 Å². The quantitative estimate of drug-likeness (QED) is 0.663. The first kappa shape index (κ1) is 9.47. The van der Waals surface area contributed by atoms with Crippen LogP contribution in [0.4, 0.5) is 0 Å². The van der Waals surface area contributed by atoms with Gasteiger partial charge in [-0.1, -0.05) is 6.42 Å². The Morgan fingerprint density at radius 3 is 2.38 bits per heavy atom. The monoisotopic (exact) mass is 182 g/mol. The zero-order chi connectivity index (χ0) is 9.31. The van der Waals surface area contributed by atoms with E-state index >= 15 is 0 Å². The second-order valence-corrected chi connectivity index (χ2v) is 5.05. The lowest BCUT2D eigenvalue weighted by atomic mass is 9.93. The molecule has 0 radical (unpaired) electrons. The average molecular weight is 182 g/mol. The molecule has 0 aromatic carbocycles. The van der Waals surface area contributed by atoms with Gasteiger partial charge in [-0.15, -0.1) is 0 Å². The van der Waals surface area contributed by atoms with E-state index < -0.39 is 0 Å². The molecule has 0 saturated carbocycles. The van der Waals surface area contributed by atoms with Gasteiger partial charge in [-0.2, -0.15) is 0 Å². The molecule has 2 heterocycles. The van der Waals surface area contributed by atoms with Crippen LogP contribution >= 0.6 is 0 Å². The molecule has 1 atom stereocenters. The van der Waals surface area contributed by atoms with E-state index in [4.69, 9.17) is 0 Å². The van der Waals surface area contributed by atoms with Crippen LogP contribution in [0.5, 0.6) is 0 Å². The lowest BCUT2D eigenvalue weighted by Crippen LogP contribution is -2.52. The van der Waals surface area contributed by atoms with E-state index in [1.807, 2.05) is 0 Å². The molecule has 0 spiro atoms. The fourth-order valence-corrected chi connectivity index (χ4v) is 2.88. The smallest absolute Gasteiger partial charge is 0.0284 e. The number of likely N-dealkylation sites (tertiary alicyclic amines) is 1. The molecule has 76 valence electrons. The van der Waals surface area contributed by atoms with E-state index in [1.165, 1.54) is 45.3 Å². The molecule has 2 aliphatic rings. The van der Waals surface area contributed by atoms with E-state index in [-0.39, 0.29) is 0 Å². The minimum atomic E-state index is 0.345. The summed E-state index contributed by atoms with van der Waals surface area (Å²) in [7, 11) is 0. The van der Waals surface area contributed by atoms with Crippen LogP contribution < -0.4 is 5.32 Å². The molecule has 0 aromatic heterocycles. The molecule has 13 heavy (non-hydrogen) atoms. The molecule has 2 fully saturated rings. The highest BCUT2D eigenvalue weighted by atomic mass is 15.2. The maximum Gasteiger partial charge on any atom is 0.0284 e. The second-order valence-electron chi connectivity index (χ2n) is 5.05. The highest BCUT2D eigenvalue weighted by Crippen LogP contribution is 2.26. The van der Waals surface area contributed by atoms with E-state index in [9.17, 15) is 0 Å². The van der Waals surface area contributed by atoms with Crippen LogP contribution in [0, 0.1) is 0 Å². The van der Waals surface area contributed by atoms with Gasteiger partial charge < -0.3 is 5.32 Å². The first-order chi connectivity index (χ1) is 6.20. The zero-order valence-corrected chi connectivity index (χ0v) is 8.97. The van der Waals surface area contributed by atoms with Crippen molar-refractivity contribution in [2.75, 3.05) is 19.6 Å². The van der Waals surface area contributed by atoms with Crippen molar-refractivity contribution in [1.29, 1.82) is 0 Å². The van der Waals surface area contributed by atoms with Crippen LogP contribution in [-0.2, 0) is 0 Å². The molecule has 2 rings (SSSR count). The Morgan fingerprint density at radius 1 is 1.15 bits per heavy atom. The SMILES string of the molecule is CC1(C)NCC[C@@H]1N1CCCCC1. The molecule has 0 bridgehead atoms. The van der Waals surface area contributed by atoms with Crippen molar-refractivity contribution in [3.8, 4) is 0 Å². The van der Waals surface area contributed by atoms with Gasteiger partial charge in [0.25, 0.3) is 0 Å². The van der Waals surface area contributed by atoms with Crippen LogP contribution in [-0.4, -0.2) is 36.1 Å². The number of hydrogen-bond donors (Lipinski definition) is 1. The number of hydrogen-bond acceptors (Lipinski definition) is 2. The molecular weight excluding hydrogens is 160 g/mol. The Balaban J connectivity index is 1.98. The molecule has 1 N–H and O–H groups in total. The summed E-state index contributed by atoms with van der Waals surface area (Å²) in [5.41, 5.74) is 0.345. The number of rotatable bonds is 1. The van der Waals surface area contributed by atoms with Crippen LogP contribution in [0.25, 0.3) is 0 Å². The second kappa shape index (κ2) is 3.58. The first-order valence-electron chi connectivity index (χ1n) is 5.69. The van der Waals surface area contributed by atoms with E-state index in [1.54, 1.807) is 0 Å². The standard InChI is InChI=1S/C11H22N2/c1-11(2)10(6-7-12-11)13-8-4-3-5-9-13/h10,12H,3-9H2,1-2H3/t10-/m0/s1. The van der Waals surface area contributed by atoms with Gasteiger partial charge in [0, 0.05) is 11.6 Å². The van der Waals surface area contributed by atoms with Crippen molar-refractivity contribution < 1.29 is 0 Å². The third kappa shape index (κ3) is 1.89. The first-order valence-corrected chi connectivity index (χ1v) is 5.69. The van der Waals surface area contributed by atoms with Crippen LogP contribution in [0.15, 0.2) is 0 Å². The third-order valence-corrected chi connectivity index (χ3v) is 3.66. The van der Waals surface area contributed by atoms with Gasteiger partial charge in [0.05, 0.1) is 0 Å². The fourth-order valence-electron chi connectivity index (χ4n) is 2.88. The number of nitrogens with one attached hydrogen (secondary N) is 1. The van der Waals surface area contributed by atoms with Crippen molar-refractivity contribution in [3.63, 3.8) is 0 Å². The summed E-state index contributed by atoms with van der Waals surface area (Å²) in [6, 6.07) is 0.785. The summed E-state index contributed by atoms with van der Waals surface area (Å²) >= 11 is 0. The number of nitrogens with zero attached hydrogens (tertiary/aromatic N) is 1. The molecule has 0 aliphatic carbocycles. The van der Waals surface area contributed by atoms with E-state index in [0.29, 0.717) is 5.54 Å². The summed E-state index contributed by atoms with van der Waals surface area (Å²) in [6.07, 6.45) is 5.60. The summed E-state index contributed by atoms with van der Waals surface area (Å²) in [5.74, 6) is 0. The van der Waals surface area contributed by atoms with Crippen LogP contribution in [0.3, 0.4) is 0 Å². The van der Waals surface area contributed by atoms with Gasteiger partial charge in [0.1, 0.15) is 0 Å². The lowest BCUT2D eigenvalue weighted by molar-refractivity contribution is 0.122. The fraction of sp³-hybridized carbons (Fsp3) is 1.00. The van der Waals surface area contributed by atoms with Crippen molar-refractivity contribution >= 4 is 0 Å². The van der Waals surface area contributed by atoms with Gasteiger partial charge >= 0.3 is 0 Å². The van der Waals surface area contributed by atoms with Gasteiger partial charge in [0.2, 0.25) is 0 Å². The zero-order valence-electron chi connectivity index (χ0n) is 8.97. The Hall–Kier alpha value is -0.0800. The summed E-state index contributed by atoms with van der Waals surface area (Å²) in [4.78, 5) is 2.70. The molecule has 0 aromatic rings. The largest absolute Gasteiger partial charge is 0.310 e. The van der Waals surface area contributed by atoms with Gasteiger partial charge in [-0.05, 0) is 52.7 Å². The van der Waals surface area contributed by atoms with Gasteiger partial charge in [-0.25, -0.2) is 0 Å². The predicted octanol–water partition coefficient (Wildman–Crippen LogP) is 1.61. The molecule has 0 unspecified atom stereocenters. The summed E-state index contributed by atoms with van der Waals surface area (Å²) in [6.45, 7) is 8.55. The average Bonchev–Trinajstić information content (AvgIpc) is 2.47. The molecule has 2 aliphatic heterocycles. The van der Waals surface area contributed by atoms with Gasteiger partial charge in [-0.3, -0.25) is 4.90 Å². The maximum atomic E-state index is 3.60.